The number of unbranched alkanes of at least 4 members (excludes halogenated alkanes) is 1. The van der Waals surface area contributed by atoms with Crippen molar-refractivity contribution < 1.29 is 33.8 Å². The fraction of sp³-hybridized carbons (Fsp3) is 0.538. The van der Waals surface area contributed by atoms with E-state index in [4.69, 9.17) is 9.47 Å². The van der Waals surface area contributed by atoms with Crippen LogP contribution in [-0.2, 0) is 36.9 Å². The van der Waals surface area contributed by atoms with Crippen molar-refractivity contribution >= 4 is 23.9 Å². The third-order valence-corrected chi connectivity index (χ3v) is 9.47. The highest BCUT2D eigenvalue weighted by Gasteiger charge is 2.35. The first-order valence-electron chi connectivity index (χ1n) is 17.9. The van der Waals surface area contributed by atoms with E-state index < -0.39 is 23.6 Å². The highest BCUT2D eigenvalue weighted by atomic mass is 16.5. The zero-order valence-electron chi connectivity index (χ0n) is 28.6. The van der Waals surface area contributed by atoms with Gasteiger partial charge >= 0.3 is 12.1 Å². The smallest absolute Gasteiger partial charge is 0.407 e. The number of carbonyl (C=O) groups excluding carboxylic acids is 4. The number of alkyl carbamates (subject to hydrolysis) is 1. The lowest BCUT2D eigenvalue weighted by molar-refractivity contribution is -0.150. The molecule has 4 N–H and O–H groups in total. The van der Waals surface area contributed by atoms with Gasteiger partial charge in [-0.05, 0) is 75.3 Å². The van der Waals surface area contributed by atoms with E-state index in [-0.39, 0.29) is 49.9 Å². The van der Waals surface area contributed by atoms with E-state index >= 15 is 0 Å². The molecule has 1 aliphatic carbocycles. The maximum atomic E-state index is 13.7. The van der Waals surface area contributed by atoms with Crippen molar-refractivity contribution in [2.24, 2.45) is 11.8 Å². The van der Waals surface area contributed by atoms with E-state index in [1.165, 1.54) is 0 Å². The van der Waals surface area contributed by atoms with E-state index in [0.29, 0.717) is 45.1 Å². The van der Waals surface area contributed by atoms with Crippen LogP contribution < -0.4 is 16.0 Å². The number of nitrogens with one attached hydrogen (secondary N) is 3. The van der Waals surface area contributed by atoms with Gasteiger partial charge in [0.05, 0.1) is 30.0 Å². The van der Waals surface area contributed by atoms with Crippen molar-refractivity contribution in [3.8, 4) is 0 Å². The van der Waals surface area contributed by atoms with Crippen LogP contribution in [0.15, 0.2) is 72.8 Å². The van der Waals surface area contributed by atoms with Gasteiger partial charge in [-0.1, -0.05) is 85.7 Å². The fourth-order valence-electron chi connectivity index (χ4n) is 6.59. The lowest BCUT2D eigenvalue weighted by atomic mass is 9.93. The number of esters is 1. The molecule has 1 aliphatic heterocycles. The molecule has 2 aromatic rings. The zero-order valence-corrected chi connectivity index (χ0v) is 28.6. The predicted octanol–water partition coefficient (Wildman–Crippen LogP) is 5.53. The molecular weight excluding hydrogens is 622 g/mol. The summed E-state index contributed by atoms with van der Waals surface area (Å²) in [5.74, 6) is -1.71. The largest absolute Gasteiger partial charge is 0.463 e. The summed E-state index contributed by atoms with van der Waals surface area (Å²) in [6.07, 6.45) is 11.9. The quantitative estimate of drug-likeness (QED) is 0.124. The fourth-order valence-corrected chi connectivity index (χ4v) is 6.59. The first kappa shape index (κ1) is 37.6. The van der Waals surface area contributed by atoms with Gasteiger partial charge in [0.1, 0.15) is 13.2 Å². The minimum atomic E-state index is -0.611. The SMILES string of the molecule is O=C(CC1CC=CCCCC(Cc2ccccc2)C(=O)OCC(CCCCNC(=O)OCc2ccccc2)NC1=O)NC1(CO)CCCC1. The lowest BCUT2D eigenvalue weighted by Crippen LogP contribution is -2.50. The minimum absolute atomic E-state index is 0.00140. The summed E-state index contributed by atoms with van der Waals surface area (Å²) < 4.78 is 11.1. The summed E-state index contributed by atoms with van der Waals surface area (Å²) in [6, 6.07) is 18.9. The number of cyclic esters (lactones) is 1. The molecule has 10 nitrogen and oxygen atoms in total. The Morgan fingerprint density at radius 2 is 1.63 bits per heavy atom. The number of ether oxygens (including phenoxy) is 2. The van der Waals surface area contributed by atoms with Gasteiger partial charge in [-0.25, -0.2) is 4.79 Å². The molecule has 1 heterocycles. The van der Waals surface area contributed by atoms with Crippen LogP contribution in [0.3, 0.4) is 0 Å². The standard InChI is InChI=1S/C39H53N3O7/c43-29-39(22-12-13-23-39)42-35(44)26-32-19-9-1-2-10-20-33(25-30-15-5-3-6-16-30)37(46)48-28-34(41-36(32)45)21-11-14-24-40-38(47)49-27-31-17-7-4-8-18-31/h1,3-9,15-18,32-34,43H,2,10-14,19-29H2,(H,40,47)(H,41,45)(H,42,44). The van der Waals surface area contributed by atoms with Gasteiger partial charge in [-0.2, -0.15) is 0 Å². The van der Waals surface area contributed by atoms with Crippen molar-refractivity contribution in [1.82, 2.24) is 16.0 Å². The number of amides is 3. The van der Waals surface area contributed by atoms with Crippen molar-refractivity contribution in [3.63, 3.8) is 0 Å². The highest BCUT2D eigenvalue weighted by molar-refractivity contribution is 5.86. The molecule has 0 saturated heterocycles. The minimum Gasteiger partial charge on any atom is -0.463 e. The van der Waals surface area contributed by atoms with E-state index in [9.17, 15) is 24.3 Å². The zero-order chi connectivity index (χ0) is 34.7. The van der Waals surface area contributed by atoms with Crippen molar-refractivity contribution in [2.75, 3.05) is 19.8 Å². The normalized spacial score (nSPS) is 21.5. The third-order valence-electron chi connectivity index (χ3n) is 9.47. The van der Waals surface area contributed by atoms with Crippen molar-refractivity contribution in [1.29, 1.82) is 0 Å². The average molecular weight is 676 g/mol. The summed E-state index contributed by atoms with van der Waals surface area (Å²) in [4.78, 5) is 52.4. The first-order valence-corrected chi connectivity index (χ1v) is 17.9. The summed E-state index contributed by atoms with van der Waals surface area (Å²) in [5.41, 5.74) is 1.36. The topological polar surface area (TPSA) is 143 Å². The number of benzene rings is 2. The molecule has 49 heavy (non-hydrogen) atoms. The number of rotatable bonds is 13. The summed E-state index contributed by atoms with van der Waals surface area (Å²) >= 11 is 0. The van der Waals surface area contributed by atoms with Gasteiger partial charge in [0.15, 0.2) is 0 Å². The van der Waals surface area contributed by atoms with Crippen LogP contribution in [0.2, 0.25) is 0 Å². The molecule has 3 atom stereocenters. The van der Waals surface area contributed by atoms with Crippen LogP contribution >= 0.6 is 0 Å². The maximum Gasteiger partial charge on any atom is 0.407 e. The molecule has 266 valence electrons. The van der Waals surface area contributed by atoms with Gasteiger partial charge in [0, 0.05) is 13.0 Å². The molecule has 3 amide bonds. The molecule has 0 spiro atoms. The van der Waals surface area contributed by atoms with E-state index in [0.717, 1.165) is 49.7 Å². The number of hydrogen-bond acceptors (Lipinski definition) is 7. The second-order valence-corrected chi connectivity index (χ2v) is 13.4. The van der Waals surface area contributed by atoms with E-state index in [2.05, 4.69) is 16.0 Å². The average Bonchev–Trinajstić information content (AvgIpc) is 3.58. The molecule has 1 fully saturated rings. The molecule has 0 radical (unpaired) electrons. The molecule has 0 bridgehead atoms. The number of aliphatic hydroxyl groups excluding tert-OH is 1. The van der Waals surface area contributed by atoms with Gasteiger partial charge in [-0.3, -0.25) is 14.4 Å². The Hall–Kier alpha value is -4.18. The second kappa shape index (κ2) is 20.4. The predicted molar refractivity (Wildman–Crippen MR) is 187 cm³/mol. The lowest BCUT2D eigenvalue weighted by Gasteiger charge is -2.29. The van der Waals surface area contributed by atoms with Crippen LogP contribution in [0.5, 0.6) is 0 Å². The molecule has 0 aromatic heterocycles. The van der Waals surface area contributed by atoms with E-state index in [1.54, 1.807) is 0 Å². The van der Waals surface area contributed by atoms with Gasteiger partial charge in [-0.15, -0.1) is 0 Å². The van der Waals surface area contributed by atoms with Crippen LogP contribution in [0.25, 0.3) is 0 Å². The molecule has 4 rings (SSSR count). The number of aliphatic hydroxyl groups is 1. The number of carbonyl (C=O) groups is 4. The highest BCUT2D eigenvalue weighted by Crippen LogP contribution is 2.29. The Morgan fingerprint density at radius 1 is 0.918 bits per heavy atom. The molecule has 2 aromatic carbocycles. The van der Waals surface area contributed by atoms with E-state index in [1.807, 2.05) is 72.8 Å². The van der Waals surface area contributed by atoms with Crippen molar-refractivity contribution in [2.45, 2.75) is 102 Å². The third kappa shape index (κ3) is 13.3. The van der Waals surface area contributed by atoms with Crippen molar-refractivity contribution in [3.05, 3.63) is 83.9 Å². The van der Waals surface area contributed by atoms with Crippen LogP contribution in [0.1, 0.15) is 88.2 Å². The van der Waals surface area contributed by atoms with Gasteiger partial charge in [0.2, 0.25) is 11.8 Å². The van der Waals surface area contributed by atoms with Gasteiger partial charge < -0.3 is 30.5 Å². The Kier molecular flexibility index (Phi) is 15.6. The van der Waals surface area contributed by atoms with Gasteiger partial charge in [0.25, 0.3) is 0 Å². The summed E-state index contributed by atoms with van der Waals surface area (Å²) in [5, 5.41) is 18.9. The molecular formula is C39H53N3O7. The Morgan fingerprint density at radius 3 is 2.35 bits per heavy atom. The molecule has 10 heteroatoms. The molecule has 2 aliphatic rings. The number of allylic oxidation sites excluding steroid dienone is 2. The number of hydrogen-bond donors (Lipinski definition) is 4. The van der Waals surface area contributed by atoms with Crippen LogP contribution in [0.4, 0.5) is 4.79 Å². The monoisotopic (exact) mass is 675 g/mol. The molecule has 1 saturated carbocycles. The summed E-state index contributed by atoms with van der Waals surface area (Å²) in [7, 11) is 0. The second-order valence-electron chi connectivity index (χ2n) is 13.4. The van der Waals surface area contributed by atoms with Crippen LogP contribution in [0, 0.1) is 11.8 Å². The molecule has 3 unspecified atom stereocenters. The Balaban J connectivity index is 1.36. The summed E-state index contributed by atoms with van der Waals surface area (Å²) in [6.45, 7) is 0.485. The van der Waals surface area contributed by atoms with Crippen LogP contribution in [-0.4, -0.2) is 60.3 Å². The Labute approximate surface area is 290 Å². The Bertz CT molecular complexity index is 1340. The first-order chi connectivity index (χ1) is 23.9. The maximum absolute atomic E-state index is 13.7.